The Hall–Kier alpha value is -0.930. The molecule has 0 aliphatic heterocycles. The first-order valence-corrected chi connectivity index (χ1v) is 17.5. The first-order valence-electron chi connectivity index (χ1n) is 17.5. The van der Waals surface area contributed by atoms with E-state index in [0.29, 0.717) is 12.8 Å². The number of halogens is 1. The SMILES string of the molecule is CCCCC/C=C\C/C=C\CCCCCCCCC(CCCCCCCC/C=C\CCCCCCC)(OC)OF. The van der Waals surface area contributed by atoms with Crippen molar-refractivity contribution in [2.45, 2.75) is 193 Å². The van der Waals surface area contributed by atoms with Gasteiger partial charge in [-0.1, -0.05) is 140 Å². The van der Waals surface area contributed by atoms with Crippen LogP contribution in [0.15, 0.2) is 36.5 Å². The van der Waals surface area contributed by atoms with E-state index < -0.39 is 5.79 Å². The van der Waals surface area contributed by atoms with Crippen molar-refractivity contribution < 1.29 is 14.2 Å². The summed E-state index contributed by atoms with van der Waals surface area (Å²) in [6.45, 7) is 4.52. The molecule has 2 nitrogen and oxygen atoms in total. The van der Waals surface area contributed by atoms with Crippen molar-refractivity contribution in [2.24, 2.45) is 0 Å². The van der Waals surface area contributed by atoms with Crippen molar-refractivity contribution in [2.75, 3.05) is 7.11 Å². The summed E-state index contributed by atoms with van der Waals surface area (Å²) in [7, 11) is 1.59. The highest BCUT2D eigenvalue weighted by Gasteiger charge is 2.31. The van der Waals surface area contributed by atoms with Crippen LogP contribution in [0, 0.1) is 0 Å². The van der Waals surface area contributed by atoms with Gasteiger partial charge in [-0.15, -0.1) is 0 Å². The Labute approximate surface area is 250 Å². The van der Waals surface area contributed by atoms with Gasteiger partial charge in [0.2, 0.25) is 5.79 Å². The van der Waals surface area contributed by atoms with Gasteiger partial charge in [0, 0.05) is 20.0 Å². The third kappa shape index (κ3) is 27.3. The molecule has 0 fully saturated rings. The molecule has 0 aromatic heterocycles. The summed E-state index contributed by atoms with van der Waals surface area (Å²) >= 11 is 0. The average Bonchev–Trinajstić information content (AvgIpc) is 2.98. The van der Waals surface area contributed by atoms with Gasteiger partial charge in [0.25, 0.3) is 0 Å². The zero-order valence-corrected chi connectivity index (χ0v) is 27.3. The Bertz CT molecular complexity index is 565. The monoisotopic (exact) mass is 565 g/mol. The van der Waals surface area contributed by atoms with E-state index in [0.717, 1.165) is 32.1 Å². The van der Waals surface area contributed by atoms with Crippen LogP contribution < -0.4 is 0 Å². The fourth-order valence-corrected chi connectivity index (χ4v) is 5.29. The van der Waals surface area contributed by atoms with Crippen molar-refractivity contribution in [1.82, 2.24) is 0 Å². The first kappa shape index (κ1) is 39.1. The lowest BCUT2D eigenvalue weighted by atomic mass is 9.99. The molecule has 0 rings (SSSR count). The molecule has 1 unspecified atom stereocenters. The zero-order chi connectivity index (χ0) is 29.2. The van der Waals surface area contributed by atoms with Crippen LogP contribution in [-0.4, -0.2) is 12.9 Å². The van der Waals surface area contributed by atoms with Crippen molar-refractivity contribution in [3.8, 4) is 0 Å². The molecule has 0 saturated heterocycles. The molecule has 1 atom stereocenters. The molecule has 0 amide bonds. The van der Waals surface area contributed by atoms with E-state index in [1.165, 1.54) is 128 Å². The van der Waals surface area contributed by atoms with Crippen molar-refractivity contribution in [3.63, 3.8) is 0 Å². The maximum Gasteiger partial charge on any atom is 0.206 e. The predicted octanol–water partition coefficient (Wildman–Crippen LogP) is 13.5. The summed E-state index contributed by atoms with van der Waals surface area (Å²) in [5, 5.41) is 0. The van der Waals surface area contributed by atoms with Crippen LogP contribution in [0.3, 0.4) is 0 Å². The molecular weight excluding hydrogens is 495 g/mol. The molecule has 0 N–H and O–H groups in total. The van der Waals surface area contributed by atoms with Crippen LogP contribution in [0.5, 0.6) is 0 Å². The Balaban J connectivity index is 3.64. The van der Waals surface area contributed by atoms with Gasteiger partial charge in [0.05, 0.1) is 0 Å². The molecule has 0 radical (unpaired) electrons. The average molecular weight is 565 g/mol. The Kier molecular flexibility index (Phi) is 31.8. The molecular formula is C37H69FO2. The Morgan fingerprint density at radius 2 is 0.775 bits per heavy atom. The molecule has 0 saturated carbocycles. The van der Waals surface area contributed by atoms with E-state index in [1.807, 2.05) is 0 Å². The highest BCUT2D eigenvalue weighted by molar-refractivity contribution is 4.92. The second-order valence-electron chi connectivity index (χ2n) is 11.9. The van der Waals surface area contributed by atoms with Gasteiger partial charge in [0.1, 0.15) is 0 Å². The highest BCUT2D eigenvalue weighted by Crippen LogP contribution is 2.28. The normalized spacial score (nSPS) is 13.8. The maximum atomic E-state index is 13.4. The van der Waals surface area contributed by atoms with Gasteiger partial charge in [-0.2, -0.15) is 4.94 Å². The van der Waals surface area contributed by atoms with Crippen molar-refractivity contribution in [1.29, 1.82) is 0 Å². The second kappa shape index (κ2) is 32.6. The van der Waals surface area contributed by atoms with Gasteiger partial charge >= 0.3 is 0 Å². The van der Waals surface area contributed by atoms with Crippen LogP contribution in [-0.2, 0) is 9.68 Å². The second-order valence-corrected chi connectivity index (χ2v) is 11.9. The topological polar surface area (TPSA) is 18.5 Å². The minimum atomic E-state index is -1.03. The summed E-state index contributed by atoms with van der Waals surface area (Å²) in [6, 6.07) is 0. The van der Waals surface area contributed by atoms with Crippen LogP contribution >= 0.6 is 0 Å². The van der Waals surface area contributed by atoms with E-state index in [1.54, 1.807) is 7.11 Å². The van der Waals surface area contributed by atoms with Crippen LogP contribution in [0.1, 0.15) is 187 Å². The number of allylic oxidation sites excluding steroid dienone is 6. The number of ether oxygens (including phenoxy) is 1. The molecule has 0 spiro atoms. The lowest BCUT2D eigenvalue weighted by Gasteiger charge is -2.27. The standard InChI is InChI=1S/C37H69FO2/c1-4-6-8-10-12-14-16-18-20-22-24-26-28-30-32-34-36-37(39-3,40-38)35-33-31-29-27-25-23-21-19-17-15-13-11-9-7-5-2/h12,14,17-20H,4-11,13,15-16,21-36H2,1-3H3/b14-12-,19-17-,20-18-. The summed E-state index contributed by atoms with van der Waals surface area (Å²) in [6.07, 6.45) is 46.3. The van der Waals surface area contributed by atoms with E-state index in [2.05, 4.69) is 55.2 Å². The molecule has 0 aromatic rings. The molecule has 0 aliphatic rings. The van der Waals surface area contributed by atoms with Crippen LogP contribution in [0.25, 0.3) is 0 Å². The minimum Gasteiger partial charge on any atom is -0.350 e. The number of unbranched alkanes of at least 4 members (excludes halogenated alkanes) is 20. The van der Waals surface area contributed by atoms with E-state index in [4.69, 9.17) is 4.74 Å². The third-order valence-electron chi connectivity index (χ3n) is 8.09. The van der Waals surface area contributed by atoms with E-state index in [-0.39, 0.29) is 0 Å². The number of hydrogen-bond acceptors (Lipinski definition) is 2. The summed E-state index contributed by atoms with van der Waals surface area (Å²) in [5.74, 6) is -1.03. The summed E-state index contributed by atoms with van der Waals surface area (Å²) < 4.78 is 19.0. The van der Waals surface area contributed by atoms with Gasteiger partial charge in [-0.3, -0.25) is 0 Å². The van der Waals surface area contributed by atoms with Crippen LogP contribution in [0.4, 0.5) is 4.53 Å². The van der Waals surface area contributed by atoms with Gasteiger partial charge < -0.3 is 4.74 Å². The quantitative estimate of drug-likeness (QED) is 0.0459. The fraction of sp³-hybridized carbons (Fsp3) is 0.838. The molecule has 236 valence electrons. The maximum absolute atomic E-state index is 13.4. The molecule has 3 heteroatoms. The smallest absolute Gasteiger partial charge is 0.206 e. The van der Waals surface area contributed by atoms with Gasteiger partial charge in [-0.25, -0.2) is 0 Å². The minimum absolute atomic E-state index is 0.652. The van der Waals surface area contributed by atoms with Crippen LogP contribution in [0.2, 0.25) is 0 Å². The summed E-state index contributed by atoms with van der Waals surface area (Å²) in [5.41, 5.74) is 0. The molecule has 0 aliphatic carbocycles. The zero-order valence-electron chi connectivity index (χ0n) is 27.3. The number of rotatable bonds is 32. The van der Waals surface area contributed by atoms with Gasteiger partial charge in [0.15, 0.2) is 0 Å². The van der Waals surface area contributed by atoms with Crippen molar-refractivity contribution in [3.05, 3.63) is 36.5 Å². The first-order chi connectivity index (χ1) is 19.7. The molecule has 0 bridgehead atoms. The Morgan fingerprint density at radius 1 is 0.450 bits per heavy atom. The lowest BCUT2D eigenvalue weighted by Crippen LogP contribution is -2.32. The van der Waals surface area contributed by atoms with Gasteiger partial charge in [-0.05, 0) is 75.2 Å². The molecule has 0 heterocycles. The fourth-order valence-electron chi connectivity index (χ4n) is 5.29. The molecule has 40 heavy (non-hydrogen) atoms. The molecule has 0 aromatic carbocycles. The number of hydrogen-bond donors (Lipinski definition) is 0. The summed E-state index contributed by atoms with van der Waals surface area (Å²) in [4.78, 5) is 4.39. The Morgan fingerprint density at radius 3 is 1.18 bits per heavy atom. The predicted molar refractivity (Wildman–Crippen MR) is 175 cm³/mol. The van der Waals surface area contributed by atoms with E-state index in [9.17, 15) is 4.53 Å². The number of methoxy groups -OCH3 is 1. The van der Waals surface area contributed by atoms with E-state index >= 15 is 0 Å². The third-order valence-corrected chi connectivity index (χ3v) is 8.09. The lowest BCUT2D eigenvalue weighted by molar-refractivity contribution is -0.343. The largest absolute Gasteiger partial charge is 0.350 e. The highest BCUT2D eigenvalue weighted by atomic mass is 19.3. The van der Waals surface area contributed by atoms with Crippen molar-refractivity contribution >= 4 is 0 Å².